The highest BCUT2D eigenvalue weighted by Gasteiger charge is 2.46. The van der Waals surface area contributed by atoms with E-state index < -0.39 is 53.1 Å². The second kappa shape index (κ2) is 21.7. The van der Waals surface area contributed by atoms with Gasteiger partial charge in [-0.05, 0) is 58.4 Å². The van der Waals surface area contributed by atoms with E-state index in [1.54, 1.807) is 59.5 Å². The van der Waals surface area contributed by atoms with Crippen LogP contribution in [-0.2, 0) is 33.5 Å². The van der Waals surface area contributed by atoms with E-state index in [2.05, 4.69) is 14.6 Å². The SMILES string of the molecule is CCCC(CC(=O)[C@@H]1C[C@@H](OC(C)(C)C)CN1C(=O)[C@@H](CC(=O)c1ccccc1C(C)=O)C1CCCCC1)C(=O)C(=O)CCC(=O)N[C@H](C(=O)CP)c1ccccc1. The topological polar surface area (TPSA) is 161 Å². The molecule has 6 atom stereocenters. The van der Waals surface area contributed by atoms with Crippen LogP contribution in [0.4, 0.5) is 0 Å². The van der Waals surface area contributed by atoms with Gasteiger partial charge in [0.2, 0.25) is 17.6 Å². The number of rotatable bonds is 21. The first-order chi connectivity index (χ1) is 27.5. The van der Waals surface area contributed by atoms with Crippen molar-refractivity contribution in [3.05, 3.63) is 71.3 Å². The lowest BCUT2D eigenvalue weighted by Crippen LogP contribution is -2.47. The van der Waals surface area contributed by atoms with Gasteiger partial charge in [0, 0.05) is 67.8 Å². The minimum absolute atomic E-state index is 0.0841. The Morgan fingerprint density at radius 2 is 1.50 bits per heavy atom. The lowest BCUT2D eigenvalue weighted by atomic mass is 9.76. The first kappa shape index (κ1) is 46.5. The fraction of sp³-hybridized carbons (Fsp3) is 0.565. The van der Waals surface area contributed by atoms with Crippen LogP contribution in [0.5, 0.6) is 0 Å². The molecule has 1 saturated heterocycles. The summed E-state index contributed by atoms with van der Waals surface area (Å²) in [4.78, 5) is 110. The summed E-state index contributed by atoms with van der Waals surface area (Å²) in [6.45, 7) is 9.09. The van der Waals surface area contributed by atoms with Crippen molar-refractivity contribution < 1.29 is 43.1 Å². The fourth-order valence-electron chi connectivity index (χ4n) is 8.46. The highest BCUT2D eigenvalue weighted by molar-refractivity contribution is 7.18. The summed E-state index contributed by atoms with van der Waals surface area (Å²) in [7, 11) is 2.35. The third-order valence-electron chi connectivity index (χ3n) is 11.3. The molecule has 4 rings (SSSR count). The van der Waals surface area contributed by atoms with Crippen LogP contribution in [0.25, 0.3) is 0 Å². The van der Waals surface area contributed by atoms with Gasteiger partial charge in [-0.3, -0.25) is 38.4 Å². The van der Waals surface area contributed by atoms with Gasteiger partial charge in [-0.25, -0.2) is 0 Å². The molecular weight excluding hydrogens is 755 g/mol. The Morgan fingerprint density at radius 3 is 2.10 bits per heavy atom. The summed E-state index contributed by atoms with van der Waals surface area (Å²) in [6, 6.07) is 13.6. The lowest BCUT2D eigenvalue weighted by molar-refractivity contribution is -0.144. The predicted octanol–water partition coefficient (Wildman–Crippen LogP) is 7.04. The second-order valence-corrected chi connectivity index (χ2v) is 17.3. The monoisotopic (exact) mass is 816 g/mol. The van der Waals surface area contributed by atoms with Crippen LogP contribution >= 0.6 is 9.24 Å². The molecule has 0 aromatic heterocycles. The van der Waals surface area contributed by atoms with E-state index in [-0.39, 0.29) is 91.8 Å². The zero-order valence-corrected chi connectivity index (χ0v) is 35.9. The average molecular weight is 817 g/mol. The highest BCUT2D eigenvalue weighted by Crippen LogP contribution is 2.37. The largest absolute Gasteiger partial charge is 0.371 e. The van der Waals surface area contributed by atoms with Crippen LogP contribution in [0.1, 0.15) is 144 Å². The molecule has 2 fully saturated rings. The summed E-state index contributed by atoms with van der Waals surface area (Å²) < 4.78 is 6.32. The molecule has 2 aromatic carbocycles. The summed E-state index contributed by atoms with van der Waals surface area (Å²) in [5, 5.41) is 2.69. The van der Waals surface area contributed by atoms with Crippen molar-refractivity contribution in [2.24, 2.45) is 17.8 Å². The van der Waals surface area contributed by atoms with Gasteiger partial charge in [0.25, 0.3) is 0 Å². The lowest BCUT2D eigenvalue weighted by Gasteiger charge is -2.34. The zero-order chi connectivity index (χ0) is 42.6. The van der Waals surface area contributed by atoms with Crippen molar-refractivity contribution in [3.63, 3.8) is 0 Å². The van der Waals surface area contributed by atoms with Gasteiger partial charge < -0.3 is 15.0 Å². The molecule has 0 spiro atoms. The molecule has 12 heteroatoms. The maximum atomic E-state index is 14.8. The van der Waals surface area contributed by atoms with E-state index >= 15 is 0 Å². The Labute approximate surface area is 345 Å². The maximum Gasteiger partial charge on any atom is 0.227 e. The summed E-state index contributed by atoms with van der Waals surface area (Å²) in [5.41, 5.74) is 0.616. The van der Waals surface area contributed by atoms with Crippen LogP contribution in [0.2, 0.25) is 0 Å². The first-order valence-corrected chi connectivity index (χ1v) is 21.6. The molecule has 2 amide bonds. The molecular formula is C46H61N2O9P. The van der Waals surface area contributed by atoms with Gasteiger partial charge in [-0.15, -0.1) is 9.24 Å². The third kappa shape index (κ3) is 12.9. The Hall–Kier alpha value is -4.21. The first-order valence-electron chi connectivity index (χ1n) is 20.8. The molecule has 2 aliphatic rings. The number of amides is 2. The number of nitrogens with zero attached hydrogens (tertiary/aromatic N) is 1. The summed E-state index contributed by atoms with van der Waals surface area (Å²) in [6.07, 6.45) is 3.98. The van der Waals surface area contributed by atoms with Gasteiger partial charge >= 0.3 is 0 Å². The minimum atomic E-state index is -0.942. The Bertz CT molecular complexity index is 1810. The molecule has 58 heavy (non-hydrogen) atoms. The number of carbonyl (C=O) groups is 8. The highest BCUT2D eigenvalue weighted by atomic mass is 31.0. The molecule has 0 radical (unpaired) electrons. The number of ether oxygens (including phenoxy) is 1. The normalized spacial score (nSPS) is 18.8. The smallest absolute Gasteiger partial charge is 0.227 e. The van der Waals surface area contributed by atoms with E-state index in [4.69, 9.17) is 4.74 Å². The molecule has 2 unspecified atom stereocenters. The second-order valence-electron chi connectivity index (χ2n) is 16.9. The van der Waals surface area contributed by atoms with Gasteiger partial charge in [0.1, 0.15) is 6.04 Å². The van der Waals surface area contributed by atoms with Crippen molar-refractivity contribution >= 4 is 55.8 Å². The van der Waals surface area contributed by atoms with Gasteiger partial charge in [0.05, 0.1) is 17.7 Å². The summed E-state index contributed by atoms with van der Waals surface area (Å²) >= 11 is 0. The Morgan fingerprint density at radius 1 is 0.862 bits per heavy atom. The van der Waals surface area contributed by atoms with Gasteiger partial charge in [0.15, 0.2) is 28.9 Å². The number of likely N-dealkylation sites (tertiary alicyclic amines) is 1. The Kier molecular flexibility index (Phi) is 17.4. The van der Waals surface area contributed by atoms with E-state index in [0.717, 1.165) is 32.1 Å². The quantitative estimate of drug-likeness (QED) is 0.0792. The van der Waals surface area contributed by atoms with E-state index in [9.17, 15) is 38.4 Å². The van der Waals surface area contributed by atoms with Crippen molar-refractivity contribution in [2.45, 2.75) is 135 Å². The zero-order valence-electron chi connectivity index (χ0n) is 34.8. The molecule has 1 N–H and O–H groups in total. The number of nitrogens with one attached hydrogen (secondary N) is 1. The van der Waals surface area contributed by atoms with Crippen molar-refractivity contribution in [1.82, 2.24) is 10.2 Å². The molecule has 1 saturated carbocycles. The van der Waals surface area contributed by atoms with E-state index in [1.165, 1.54) is 6.92 Å². The molecule has 0 bridgehead atoms. The van der Waals surface area contributed by atoms with Crippen LogP contribution in [0.3, 0.4) is 0 Å². The van der Waals surface area contributed by atoms with E-state index in [0.29, 0.717) is 17.5 Å². The van der Waals surface area contributed by atoms with Crippen molar-refractivity contribution in [1.29, 1.82) is 0 Å². The average Bonchev–Trinajstić information content (AvgIpc) is 3.63. The standard InChI is InChI=1S/C46H61N2O9P/c1-6-15-32(44(55)38(50)22-23-42(54)47-43(41(53)28-58)31-18-11-8-12-19-31)24-40(52)37-25-33(57-46(3,4)5)27-48(37)45(56)36(30-16-9-7-10-17-30)26-39(51)35-21-14-13-20-34(35)29(2)49/h8,11-14,18-21,30,32-33,36-37,43H,6-7,9-10,15-17,22-28,58H2,1-5H3,(H,47,54)/t32?,33-,36+,37+,43+/m1/s1. The number of ketones is 6. The number of carbonyl (C=O) groups excluding carboxylic acids is 8. The molecule has 1 aliphatic heterocycles. The number of hydrogen-bond acceptors (Lipinski definition) is 9. The fourth-order valence-corrected chi connectivity index (χ4v) is 8.69. The number of Topliss-reactive ketones (excluding diaryl/α,β-unsaturated/α-hetero) is 6. The van der Waals surface area contributed by atoms with Crippen LogP contribution in [-0.4, -0.2) is 81.9 Å². The molecule has 2 aromatic rings. The predicted molar refractivity (Wildman–Crippen MR) is 224 cm³/mol. The number of benzene rings is 2. The molecule has 1 aliphatic carbocycles. The maximum absolute atomic E-state index is 14.8. The van der Waals surface area contributed by atoms with Crippen molar-refractivity contribution in [3.8, 4) is 0 Å². The molecule has 11 nitrogen and oxygen atoms in total. The van der Waals surface area contributed by atoms with Crippen LogP contribution in [0, 0.1) is 17.8 Å². The van der Waals surface area contributed by atoms with E-state index in [1.807, 2.05) is 27.7 Å². The van der Waals surface area contributed by atoms with Gasteiger partial charge in [-0.2, -0.15) is 0 Å². The minimum Gasteiger partial charge on any atom is -0.371 e. The summed E-state index contributed by atoms with van der Waals surface area (Å²) in [5.74, 6) is -5.24. The Balaban J connectivity index is 1.52. The van der Waals surface area contributed by atoms with Gasteiger partial charge in [-0.1, -0.05) is 87.2 Å². The third-order valence-corrected chi connectivity index (χ3v) is 11.7. The number of hydrogen-bond donors (Lipinski definition) is 1. The molecule has 314 valence electrons. The molecule has 1 heterocycles. The van der Waals surface area contributed by atoms with Crippen LogP contribution in [0.15, 0.2) is 54.6 Å². The van der Waals surface area contributed by atoms with Crippen LogP contribution < -0.4 is 5.32 Å². The van der Waals surface area contributed by atoms with Crippen molar-refractivity contribution in [2.75, 3.05) is 12.7 Å².